The van der Waals surface area contributed by atoms with Crippen LogP contribution in [0.2, 0.25) is 0 Å². The van der Waals surface area contributed by atoms with Gasteiger partial charge in [-0.1, -0.05) is 70.5 Å². The third-order valence-corrected chi connectivity index (χ3v) is 9.34. The Hall–Kier alpha value is -5.16. The fraction of sp³-hybridized carbons (Fsp3) is 0.256. The van der Waals surface area contributed by atoms with Crippen molar-refractivity contribution in [3.05, 3.63) is 131 Å². The number of benzene rings is 4. The van der Waals surface area contributed by atoms with E-state index < -0.39 is 0 Å². The van der Waals surface area contributed by atoms with E-state index in [4.69, 9.17) is 14.8 Å². The van der Waals surface area contributed by atoms with Crippen LogP contribution < -0.4 is 4.74 Å². The third kappa shape index (κ3) is 5.90. The van der Waals surface area contributed by atoms with Crippen LogP contribution in [0.3, 0.4) is 0 Å². The number of ether oxygens (including phenoxy) is 1. The summed E-state index contributed by atoms with van der Waals surface area (Å²) >= 11 is 0. The van der Waals surface area contributed by atoms with Gasteiger partial charge in [-0.2, -0.15) is 5.10 Å². The van der Waals surface area contributed by atoms with E-state index in [1.807, 2.05) is 12.3 Å². The van der Waals surface area contributed by atoms with Crippen molar-refractivity contribution in [1.82, 2.24) is 19.3 Å². The smallest absolute Gasteiger partial charge is 0.137 e. The summed E-state index contributed by atoms with van der Waals surface area (Å²) < 4.78 is 11.1. The molecule has 0 aliphatic heterocycles. The Kier molecular flexibility index (Phi) is 8.16. The number of aryl methyl sites for hydroxylation is 3. The number of aromatic nitrogens is 4. The Morgan fingerprint density at radius 3 is 2.31 bits per heavy atom. The normalized spacial score (nSPS) is 11.9. The van der Waals surface area contributed by atoms with Crippen molar-refractivity contribution in [1.29, 1.82) is 0 Å². The largest absolute Gasteiger partial charge is 0.457 e. The molecule has 0 spiro atoms. The predicted molar refractivity (Wildman–Crippen MR) is 199 cm³/mol. The highest BCUT2D eigenvalue weighted by Gasteiger charge is 2.20. The number of pyridine rings is 1. The molecule has 0 fully saturated rings. The van der Waals surface area contributed by atoms with Crippen LogP contribution in [0.1, 0.15) is 68.6 Å². The van der Waals surface area contributed by atoms with Gasteiger partial charge in [0.2, 0.25) is 0 Å². The molecule has 7 aromatic rings. The van der Waals surface area contributed by atoms with Gasteiger partial charge in [0.1, 0.15) is 17.3 Å². The van der Waals surface area contributed by atoms with Gasteiger partial charge in [0.25, 0.3) is 0 Å². The Labute approximate surface area is 283 Å². The first-order valence-corrected chi connectivity index (χ1v) is 17.1. The zero-order valence-electron chi connectivity index (χ0n) is 29.1. The van der Waals surface area contributed by atoms with Crippen LogP contribution in [0.25, 0.3) is 44.4 Å². The molecule has 3 aromatic heterocycles. The van der Waals surface area contributed by atoms with E-state index in [-0.39, 0.29) is 5.41 Å². The van der Waals surface area contributed by atoms with E-state index in [1.165, 1.54) is 38.6 Å². The first-order chi connectivity index (χ1) is 23.1. The molecule has 242 valence electrons. The van der Waals surface area contributed by atoms with Gasteiger partial charge in [-0.05, 0) is 110 Å². The number of unbranched alkanes of at least 4 members (excludes halogenated alkanes) is 1. The summed E-state index contributed by atoms with van der Waals surface area (Å²) in [5, 5.41) is 7.42. The summed E-state index contributed by atoms with van der Waals surface area (Å²) in [6, 6.07) is 34.5. The van der Waals surface area contributed by atoms with Crippen LogP contribution in [0.15, 0.2) is 103 Å². The zero-order valence-corrected chi connectivity index (χ0v) is 29.1. The molecule has 7 rings (SSSR count). The van der Waals surface area contributed by atoms with Crippen molar-refractivity contribution in [2.24, 2.45) is 0 Å². The number of nitrogens with zero attached hydrogens (tertiary/aromatic N) is 4. The monoisotopic (exact) mass is 632 g/mol. The molecule has 5 heteroatoms. The van der Waals surface area contributed by atoms with Crippen molar-refractivity contribution in [2.75, 3.05) is 0 Å². The van der Waals surface area contributed by atoms with Crippen LogP contribution >= 0.6 is 0 Å². The zero-order chi connectivity index (χ0) is 33.6. The van der Waals surface area contributed by atoms with Crippen molar-refractivity contribution in [2.45, 2.75) is 73.1 Å². The molecular formula is C43H44N4O. The maximum absolute atomic E-state index is 6.74. The Bertz CT molecular complexity index is 2270. The van der Waals surface area contributed by atoms with Gasteiger partial charge in [-0.25, -0.2) is 9.67 Å². The van der Waals surface area contributed by atoms with Crippen molar-refractivity contribution < 1.29 is 4.74 Å². The number of rotatable bonds is 8. The minimum atomic E-state index is 0.0427. The van der Waals surface area contributed by atoms with Gasteiger partial charge in [0, 0.05) is 40.4 Å². The van der Waals surface area contributed by atoms with Crippen LogP contribution in [0.4, 0.5) is 0 Å². The third-order valence-electron chi connectivity index (χ3n) is 9.34. The van der Waals surface area contributed by atoms with Crippen molar-refractivity contribution >= 4 is 21.8 Å². The summed E-state index contributed by atoms with van der Waals surface area (Å²) in [5.74, 6) is 2.49. The highest BCUT2D eigenvalue weighted by Crippen LogP contribution is 2.38. The van der Waals surface area contributed by atoms with E-state index in [0.717, 1.165) is 64.7 Å². The Morgan fingerprint density at radius 2 is 1.56 bits per heavy atom. The Morgan fingerprint density at radius 1 is 0.750 bits per heavy atom. The summed E-state index contributed by atoms with van der Waals surface area (Å²) in [6.45, 7) is 15.4. The predicted octanol–water partition coefficient (Wildman–Crippen LogP) is 11.4. The maximum Gasteiger partial charge on any atom is 0.137 e. The lowest BCUT2D eigenvalue weighted by Crippen LogP contribution is -2.10. The van der Waals surface area contributed by atoms with E-state index >= 15 is 0 Å². The van der Waals surface area contributed by atoms with E-state index in [2.05, 4.69) is 149 Å². The standard InChI is InChI=1S/C43H44N4O/c1-8-9-13-31-23-34(47-30(4)42(29(3)45-47)32-14-11-10-12-15-32)26-36(24-31)48-35-17-18-37-38-25-33(43(5,6)7)16-19-39(38)46(40(37)27-35)41-22-28(2)20-21-44-41/h10-12,14-27H,8-9,13H2,1-7H3. The average molecular weight is 633 g/mol. The van der Waals surface area contributed by atoms with Crippen LogP contribution in [0, 0.1) is 20.8 Å². The van der Waals surface area contributed by atoms with E-state index in [0.29, 0.717) is 0 Å². The summed E-state index contributed by atoms with van der Waals surface area (Å²) in [6.07, 6.45) is 5.11. The second-order valence-corrected chi connectivity index (χ2v) is 14.1. The maximum atomic E-state index is 6.74. The van der Waals surface area contributed by atoms with Gasteiger partial charge < -0.3 is 4.74 Å². The molecule has 0 N–H and O–H groups in total. The first kappa shape index (κ1) is 31.4. The summed E-state index contributed by atoms with van der Waals surface area (Å²) in [5.41, 5.74) is 11.5. The van der Waals surface area contributed by atoms with Crippen LogP contribution in [0.5, 0.6) is 11.5 Å². The number of fused-ring (bicyclic) bond motifs is 3. The molecule has 3 heterocycles. The van der Waals surface area contributed by atoms with Gasteiger partial charge in [-0.3, -0.25) is 4.57 Å². The highest BCUT2D eigenvalue weighted by atomic mass is 16.5. The molecule has 4 aromatic carbocycles. The first-order valence-electron chi connectivity index (χ1n) is 17.1. The molecular weight excluding hydrogens is 589 g/mol. The lowest BCUT2D eigenvalue weighted by atomic mass is 9.86. The van der Waals surface area contributed by atoms with Crippen molar-refractivity contribution in [3.63, 3.8) is 0 Å². The molecule has 0 aliphatic rings. The topological polar surface area (TPSA) is 44.9 Å². The number of hydrogen-bond donors (Lipinski definition) is 0. The average Bonchev–Trinajstić information content (AvgIpc) is 3.55. The summed E-state index contributed by atoms with van der Waals surface area (Å²) in [7, 11) is 0. The van der Waals surface area contributed by atoms with Gasteiger partial charge >= 0.3 is 0 Å². The van der Waals surface area contributed by atoms with Crippen LogP contribution in [-0.4, -0.2) is 19.3 Å². The molecule has 0 bridgehead atoms. The van der Waals surface area contributed by atoms with Gasteiger partial charge in [-0.15, -0.1) is 0 Å². The van der Waals surface area contributed by atoms with E-state index in [1.54, 1.807) is 0 Å². The summed E-state index contributed by atoms with van der Waals surface area (Å²) in [4.78, 5) is 4.80. The lowest BCUT2D eigenvalue weighted by molar-refractivity contribution is 0.482. The fourth-order valence-electron chi connectivity index (χ4n) is 6.82. The fourth-order valence-corrected chi connectivity index (χ4v) is 6.82. The molecule has 0 saturated heterocycles. The molecule has 5 nitrogen and oxygen atoms in total. The second-order valence-electron chi connectivity index (χ2n) is 14.1. The molecule has 0 saturated carbocycles. The minimum absolute atomic E-state index is 0.0427. The molecule has 0 atom stereocenters. The van der Waals surface area contributed by atoms with Crippen LogP contribution in [-0.2, 0) is 11.8 Å². The van der Waals surface area contributed by atoms with Crippen molar-refractivity contribution in [3.8, 4) is 34.1 Å². The Balaban J connectivity index is 1.35. The van der Waals surface area contributed by atoms with Gasteiger partial charge in [0.05, 0.1) is 22.4 Å². The quantitative estimate of drug-likeness (QED) is 0.167. The molecule has 0 unspecified atom stereocenters. The van der Waals surface area contributed by atoms with E-state index in [9.17, 15) is 0 Å². The lowest BCUT2D eigenvalue weighted by Gasteiger charge is -2.19. The van der Waals surface area contributed by atoms with Gasteiger partial charge in [0.15, 0.2) is 0 Å². The highest BCUT2D eigenvalue weighted by molar-refractivity contribution is 6.09. The molecule has 0 radical (unpaired) electrons. The molecule has 0 amide bonds. The molecule has 48 heavy (non-hydrogen) atoms. The minimum Gasteiger partial charge on any atom is -0.457 e. The second kappa shape index (κ2) is 12.5. The SMILES string of the molecule is CCCCc1cc(Oc2ccc3c4cc(C(C)(C)C)ccc4n(-c4cc(C)ccn4)c3c2)cc(-n2nc(C)c(-c3ccccc3)c2C)c1. The number of hydrogen-bond acceptors (Lipinski definition) is 3. The molecule has 0 aliphatic carbocycles.